The second kappa shape index (κ2) is 12.2. The highest BCUT2D eigenvalue weighted by atomic mass is 35.5. The predicted octanol–water partition coefficient (Wildman–Crippen LogP) is 4.60. The molecule has 186 valence electrons. The maximum Gasteiger partial charge on any atom is 0.243 e. The summed E-state index contributed by atoms with van der Waals surface area (Å²) in [4.78, 5) is 27.7. The Morgan fingerprint density at radius 2 is 1.56 bits per heavy atom. The standard InChI is InChI=1S/C23H28Cl3N3O4S/c1-5-21(23(31)27-15(2)3)29(13-18-19(25)7-6-8-20(18)26)22(30)14-28(4)34(32,33)17-11-9-16(24)10-12-17/h6-12,15,21H,5,13-14H2,1-4H3,(H,27,31). The zero-order chi connectivity index (χ0) is 25.6. The molecule has 11 heteroatoms. The van der Waals surface area contributed by atoms with E-state index in [0.29, 0.717) is 27.1 Å². The van der Waals surface area contributed by atoms with Crippen LogP contribution in [0.3, 0.4) is 0 Å². The molecule has 2 aromatic carbocycles. The minimum atomic E-state index is -3.97. The number of rotatable bonds is 10. The van der Waals surface area contributed by atoms with Crippen LogP contribution in [0.2, 0.25) is 15.1 Å². The van der Waals surface area contributed by atoms with E-state index in [4.69, 9.17) is 34.8 Å². The molecule has 2 rings (SSSR count). The van der Waals surface area contributed by atoms with Crippen LogP contribution in [-0.4, -0.2) is 55.1 Å². The zero-order valence-corrected chi connectivity index (χ0v) is 22.5. The molecule has 2 amide bonds. The zero-order valence-electron chi connectivity index (χ0n) is 19.4. The van der Waals surface area contributed by atoms with E-state index in [1.54, 1.807) is 25.1 Å². The van der Waals surface area contributed by atoms with E-state index in [2.05, 4.69) is 5.32 Å². The maximum atomic E-state index is 13.4. The Morgan fingerprint density at radius 1 is 1.00 bits per heavy atom. The summed E-state index contributed by atoms with van der Waals surface area (Å²) in [6.45, 7) is 4.85. The number of benzene rings is 2. The number of carbonyl (C=O) groups is 2. The van der Waals surface area contributed by atoms with Crippen LogP contribution in [0.4, 0.5) is 0 Å². The lowest BCUT2D eigenvalue weighted by Gasteiger charge is -2.32. The Bertz CT molecular complexity index is 1100. The third-order valence-corrected chi connectivity index (χ3v) is 7.86. The van der Waals surface area contributed by atoms with Gasteiger partial charge in [-0.2, -0.15) is 4.31 Å². The van der Waals surface area contributed by atoms with E-state index < -0.39 is 28.5 Å². The van der Waals surface area contributed by atoms with Crippen LogP contribution in [0.5, 0.6) is 0 Å². The van der Waals surface area contributed by atoms with Crippen molar-refractivity contribution in [1.29, 1.82) is 0 Å². The molecule has 0 aliphatic carbocycles. The van der Waals surface area contributed by atoms with E-state index in [1.807, 2.05) is 13.8 Å². The molecule has 0 fully saturated rings. The average Bonchev–Trinajstić information content (AvgIpc) is 2.75. The summed E-state index contributed by atoms with van der Waals surface area (Å²) in [6.07, 6.45) is 0.306. The number of hydrogen-bond acceptors (Lipinski definition) is 4. The second-order valence-corrected chi connectivity index (χ2v) is 11.3. The highest BCUT2D eigenvalue weighted by Crippen LogP contribution is 2.27. The number of nitrogens with one attached hydrogen (secondary N) is 1. The van der Waals surface area contributed by atoms with Gasteiger partial charge in [0.05, 0.1) is 11.4 Å². The van der Waals surface area contributed by atoms with Crippen molar-refractivity contribution in [2.75, 3.05) is 13.6 Å². The van der Waals surface area contributed by atoms with Crippen LogP contribution in [0.15, 0.2) is 47.4 Å². The molecule has 0 aliphatic rings. The molecule has 2 aromatic rings. The molecule has 1 N–H and O–H groups in total. The Morgan fingerprint density at radius 3 is 2.06 bits per heavy atom. The van der Waals surface area contributed by atoms with Crippen molar-refractivity contribution in [3.8, 4) is 0 Å². The number of sulfonamides is 1. The van der Waals surface area contributed by atoms with Crippen LogP contribution in [0.1, 0.15) is 32.8 Å². The molecule has 0 radical (unpaired) electrons. The van der Waals surface area contributed by atoms with Crippen molar-refractivity contribution in [2.45, 2.75) is 50.7 Å². The van der Waals surface area contributed by atoms with Crippen molar-refractivity contribution < 1.29 is 18.0 Å². The summed E-state index contributed by atoms with van der Waals surface area (Å²) in [5.74, 6) is -0.918. The number of nitrogens with zero attached hydrogens (tertiary/aromatic N) is 2. The fraction of sp³-hybridized carbons (Fsp3) is 0.391. The van der Waals surface area contributed by atoms with Gasteiger partial charge in [-0.3, -0.25) is 9.59 Å². The quantitative estimate of drug-likeness (QED) is 0.470. The minimum absolute atomic E-state index is 0.00232. The summed E-state index contributed by atoms with van der Waals surface area (Å²) in [5.41, 5.74) is 0.471. The molecule has 0 saturated carbocycles. The van der Waals surface area contributed by atoms with Gasteiger partial charge in [-0.25, -0.2) is 8.42 Å². The molecule has 0 spiro atoms. The number of likely N-dealkylation sites (N-methyl/N-ethyl adjacent to an activating group) is 1. The first-order valence-electron chi connectivity index (χ1n) is 10.6. The highest BCUT2D eigenvalue weighted by Gasteiger charge is 2.32. The SMILES string of the molecule is CCC(C(=O)NC(C)C)N(Cc1c(Cl)cccc1Cl)C(=O)CN(C)S(=O)(=O)c1ccc(Cl)cc1. The molecular weight excluding hydrogens is 521 g/mol. The summed E-state index contributed by atoms with van der Waals surface area (Å²) >= 11 is 18.5. The first-order valence-corrected chi connectivity index (χ1v) is 13.2. The van der Waals surface area contributed by atoms with E-state index in [1.165, 1.54) is 36.2 Å². The van der Waals surface area contributed by atoms with Crippen LogP contribution in [0.25, 0.3) is 0 Å². The van der Waals surface area contributed by atoms with Crippen molar-refractivity contribution in [2.24, 2.45) is 0 Å². The van der Waals surface area contributed by atoms with Crippen LogP contribution < -0.4 is 5.32 Å². The number of amides is 2. The molecular formula is C23H28Cl3N3O4S. The minimum Gasteiger partial charge on any atom is -0.352 e. The van der Waals surface area contributed by atoms with Gasteiger partial charge in [0.25, 0.3) is 0 Å². The van der Waals surface area contributed by atoms with Crippen LogP contribution in [0, 0.1) is 0 Å². The Labute approximate surface area is 216 Å². The lowest BCUT2D eigenvalue weighted by Crippen LogP contribution is -2.52. The first kappa shape index (κ1) is 28.4. The number of hydrogen-bond donors (Lipinski definition) is 1. The summed E-state index contributed by atoms with van der Waals surface area (Å²) in [7, 11) is -2.67. The topological polar surface area (TPSA) is 86.8 Å². The fourth-order valence-corrected chi connectivity index (χ4v) is 5.07. The van der Waals surface area contributed by atoms with Gasteiger partial charge in [-0.1, -0.05) is 47.8 Å². The van der Waals surface area contributed by atoms with Gasteiger partial charge in [0.15, 0.2) is 0 Å². The smallest absolute Gasteiger partial charge is 0.243 e. The lowest BCUT2D eigenvalue weighted by molar-refractivity contribution is -0.141. The molecule has 34 heavy (non-hydrogen) atoms. The van der Waals surface area contributed by atoms with Crippen molar-refractivity contribution in [1.82, 2.24) is 14.5 Å². The molecule has 0 aromatic heterocycles. The number of halogens is 3. The van der Waals surface area contributed by atoms with Gasteiger partial charge in [-0.05, 0) is 56.7 Å². The molecule has 0 heterocycles. The average molecular weight is 549 g/mol. The van der Waals surface area contributed by atoms with Crippen molar-refractivity contribution in [3.05, 3.63) is 63.1 Å². The Hall–Kier alpha value is -1.84. The van der Waals surface area contributed by atoms with E-state index in [-0.39, 0.29) is 23.4 Å². The van der Waals surface area contributed by atoms with Gasteiger partial charge >= 0.3 is 0 Å². The maximum absolute atomic E-state index is 13.4. The second-order valence-electron chi connectivity index (χ2n) is 8.02. The van der Waals surface area contributed by atoms with Crippen molar-refractivity contribution >= 4 is 56.6 Å². The highest BCUT2D eigenvalue weighted by molar-refractivity contribution is 7.89. The molecule has 1 atom stereocenters. The van der Waals surface area contributed by atoms with E-state index >= 15 is 0 Å². The normalized spacial score (nSPS) is 12.6. The molecule has 0 saturated heterocycles. The lowest BCUT2D eigenvalue weighted by atomic mass is 10.1. The predicted molar refractivity (Wildman–Crippen MR) is 136 cm³/mol. The van der Waals surface area contributed by atoms with E-state index in [9.17, 15) is 18.0 Å². The summed E-state index contributed by atoms with van der Waals surface area (Å²) < 4.78 is 26.9. The van der Waals surface area contributed by atoms with Gasteiger partial charge in [0.2, 0.25) is 21.8 Å². The third-order valence-electron chi connectivity index (χ3n) is 5.09. The van der Waals surface area contributed by atoms with Crippen molar-refractivity contribution in [3.63, 3.8) is 0 Å². The fourth-order valence-electron chi connectivity index (χ4n) is 3.31. The molecule has 0 bridgehead atoms. The molecule has 1 unspecified atom stereocenters. The van der Waals surface area contributed by atoms with Crippen LogP contribution in [-0.2, 0) is 26.2 Å². The largest absolute Gasteiger partial charge is 0.352 e. The summed E-state index contributed by atoms with van der Waals surface area (Å²) in [6, 6.07) is 9.60. The first-order chi connectivity index (χ1) is 15.9. The van der Waals surface area contributed by atoms with Gasteiger partial charge in [0, 0.05) is 40.3 Å². The van der Waals surface area contributed by atoms with Gasteiger partial charge in [0.1, 0.15) is 6.04 Å². The van der Waals surface area contributed by atoms with Gasteiger partial charge in [-0.15, -0.1) is 0 Å². The Balaban J connectivity index is 2.39. The van der Waals surface area contributed by atoms with E-state index in [0.717, 1.165) is 4.31 Å². The number of carbonyl (C=O) groups excluding carboxylic acids is 2. The molecule has 0 aliphatic heterocycles. The molecule has 7 nitrogen and oxygen atoms in total. The van der Waals surface area contributed by atoms with Crippen LogP contribution >= 0.6 is 34.8 Å². The Kier molecular flexibility index (Phi) is 10.2. The third kappa shape index (κ3) is 7.09. The summed E-state index contributed by atoms with van der Waals surface area (Å²) in [5, 5.41) is 3.89. The van der Waals surface area contributed by atoms with Gasteiger partial charge < -0.3 is 10.2 Å². The monoisotopic (exact) mass is 547 g/mol.